The van der Waals surface area contributed by atoms with E-state index in [4.69, 9.17) is 4.74 Å². The van der Waals surface area contributed by atoms with Crippen LogP contribution in [0.15, 0.2) is 41.8 Å². The van der Waals surface area contributed by atoms with E-state index in [2.05, 4.69) is 21.4 Å². The van der Waals surface area contributed by atoms with Crippen LogP contribution in [0.25, 0.3) is 26.2 Å². The van der Waals surface area contributed by atoms with Crippen LogP contribution < -0.4 is 4.74 Å². The van der Waals surface area contributed by atoms with E-state index in [1.54, 1.807) is 23.0 Å². The lowest BCUT2D eigenvalue weighted by Crippen LogP contribution is -1.94. The molecule has 0 saturated carbocycles. The zero-order valence-electron chi connectivity index (χ0n) is 11.1. The van der Waals surface area contributed by atoms with Gasteiger partial charge in [-0.3, -0.25) is 0 Å². The lowest BCUT2D eigenvalue weighted by molar-refractivity contribution is 0.416. The molecule has 1 aromatic carbocycles. The normalized spacial score (nSPS) is 11.1. The third-order valence-corrected chi connectivity index (χ3v) is 5.01. The zero-order valence-corrected chi connectivity index (χ0v) is 12.7. The molecule has 0 saturated heterocycles. The van der Waals surface area contributed by atoms with E-state index in [9.17, 15) is 0 Å². The van der Waals surface area contributed by atoms with E-state index in [0.29, 0.717) is 5.82 Å². The fourth-order valence-electron chi connectivity index (χ4n) is 2.11. The van der Waals surface area contributed by atoms with Gasteiger partial charge < -0.3 is 4.74 Å². The van der Waals surface area contributed by atoms with E-state index in [1.165, 1.54) is 11.3 Å². The second kappa shape index (κ2) is 4.94. The van der Waals surface area contributed by atoms with Crippen molar-refractivity contribution in [2.24, 2.45) is 0 Å². The predicted octanol–water partition coefficient (Wildman–Crippen LogP) is 3.59. The fourth-order valence-corrected chi connectivity index (χ4v) is 3.75. The van der Waals surface area contributed by atoms with Crippen LogP contribution >= 0.6 is 22.7 Å². The van der Waals surface area contributed by atoms with Gasteiger partial charge in [0.2, 0.25) is 4.96 Å². The van der Waals surface area contributed by atoms with Crippen molar-refractivity contribution in [3.05, 3.63) is 41.8 Å². The molecule has 0 unspecified atom stereocenters. The van der Waals surface area contributed by atoms with E-state index in [0.717, 1.165) is 26.2 Å². The molecule has 0 aliphatic heterocycles. The van der Waals surface area contributed by atoms with Gasteiger partial charge in [0, 0.05) is 0 Å². The molecule has 0 fully saturated rings. The number of para-hydroxylation sites is 1. The molecule has 3 heterocycles. The Kier molecular flexibility index (Phi) is 2.94. The summed E-state index contributed by atoms with van der Waals surface area (Å²) < 4.78 is 7.17. The van der Waals surface area contributed by atoms with Gasteiger partial charge >= 0.3 is 0 Å². The Hall–Kier alpha value is -2.25. The number of ether oxygens (including phenoxy) is 1. The molecule has 4 aromatic rings. The predicted molar refractivity (Wildman–Crippen MR) is 84.0 cm³/mol. The topological polar surface area (TPSA) is 52.3 Å². The summed E-state index contributed by atoms with van der Waals surface area (Å²) in [5.74, 6) is 1.46. The summed E-state index contributed by atoms with van der Waals surface area (Å²) in [6.07, 6.45) is 0. The van der Waals surface area contributed by atoms with Gasteiger partial charge in [-0.05, 0) is 23.6 Å². The van der Waals surface area contributed by atoms with Gasteiger partial charge in [-0.1, -0.05) is 29.5 Å². The van der Waals surface area contributed by atoms with E-state index in [1.807, 2.05) is 35.7 Å². The fraction of sp³-hybridized carbons (Fsp3) is 0.0714. The van der Waals surface area contributed by atoms with Crippen LogP contribution in [-0.2, 0) is 0 Å². The molecule has 0 amide bonds. The number of thiophene rings is 1. The second-order valence-corrected chi connectivity index (χ2v) is 6.21. The molecule has 0 bridgehead atoms. The summed E-state index contributed by atoms with van der Waals surface area (Å²) in [6, 6.07) is 11.8. The van der Waals surface area contributed by atoms with Gasteiger partial charge in [0.05, 0.1) is 17.6 Å². The van der Waals surface area contributed by atoms with Crippen LogP contribution in [0.1, 0.15) is 0 Å². The maximum absolute atomic E-state index is 5.39. The van der Waals surface area contributed by atoms with Crippen molar-refractivity contribution in [3.63, 3.8) is 0 Å². The van der Waals surface area contributed by atoms with Crippen molar-refractivity contribution in [2.45, 2.75) is 0 Å². The van der Waals surface area contributed by atoms with Crippen LogP contribution in [0, 0.1) is 0 Å². The summed E-state index contributed by atoms with van der Waals surface area (Å²) in [5, 5.41) is 16.1. The Morgan fingerprint density at radius 2 is 2.00 bits per heavy atom. The molecule has 0 spiro atoms. The van der Waals surface area contributed by atoms with Crippen molar-refractivity contribution in [1.82, 2.24) is 19.8 Å². The van der Waals surface area contributed by atoms with E-state index in [-0.39, 0.29) is 0 Å². The summed E-state index contributed by atoms with van der Waals surface area (Å²) in [5.41, 5.74) is 0.885. The van der Waals surface area contributed by atoms with E-state index >= 15 is 0 Å². The maximum atomic E-state index is 5.39. The molecule has 0 atom stereocenters. The van der Waals surface area contributed by atoms with Crippen molar-refractivity contribution >= 4 is 27.6 Å². The average molecular weight is 314 g/mol. The van der Waals surface area contributed by atoms with Gasteiger partial charge in [-0.25, -0.2) is 0 Å². The maximum Gasteiger partial charge on any atom is 0.235 e. The Bertz CT molecular complexity index is 895. The number of fused-ring (bicyclic) bond motifs is 1. The summed E-state index contributed by atoms with van der Waals surface area (Å²) in [7, 11) is 1.65. The first-order valence-electron chi connectivity index (χ1n) is 6.26. The molecule has 0 N–H and O–H groups in total. The molecule has 0 aliphatic rings. The Balaban J connectivity index is 1.90. The van der Waals surface area contributed by atoms with Gasteiger partial charge in [0.15, 0.2) is 10.8 Å². The average Bonchev–Trinajstić information content (AvgIpc) is 3.22. The SMILES string of the molecule is COc1ccccc1-c1nnc2sc(-c3cccs3)nn12. The van der Waals surface area contributed by atoms with Crippen LogP contribution in [0.2, 0.25) is 0 Å². The van der Waals surface area contributed by atoms with Gasteiger partial charge in [-0.15, -0.1) is 21.5 Å². The molecule has 0 aliphatic carbocycles. The zero-order chi connectivity index (χ0) is 14.2. The Morgan fingerprint density at radius 1 is 1.10 bits per heavy atom. The lowest BCUT2D eigenvalue weighted by atomic mass is 10.2. The first kappa shape index (κ1) is 12.5. The summed E-state index contributed by atoms with van der Waals surface area (Å²) in [4.78, 5) is 1.91. The standard InChI is InChI=1S/C14H10N4OS2/c1-19-10-6-3-2-5-9(10)12-15-16-14-18(12)17-13(21-14)11-7-4-8-20-11/h2-8H,1H3. The third-order valence-electron chi connectivity index (χ3n) is 3.07. The molecule has 5 nitrogen and oxygen atoms in total. The second-order valence-electron chi connectivity index (χ2n) is 4.30. The molecule has 21 heavy (non-hydrogen) atoms. The summed E-state index contributed by atoms with van der Waals surface area (Å²) >= 11 is 3.20. The van der Waals surface area contributed by atoms with Crippen LogP contribution in [-0.4, -0.2) is 26.9 Å². The minimum Gasteiger partial charge on any atom is -0.496 e. The van der Waals surface area contributed by atoms with Crippen molar-refractivity contribution in [1.29, 1.82) is 0 Å². The van der Waals surface area contributed by atoms with Crippen LogP contribution in [0.4, 0.5) is 0 Å². The molecule has 104 valence electrons. The highest BCUT2D eigenvalue weighted by Crippen LogP contribution is 2.33. The molecule has 4 rings (SSSR count). The van der Waals surface area contributed by atoms with Gasteiger partial charge in [-0.2, -0.15) is 9.61 Å². The third kappa shape index (κ3) is 2.01. The number of hydrogen-bond acceptors (Lipinski definition) is 6. The van der Waals surface area contributed by atoms with Crippen molar-refractivity contribution in [2.75, 3.05) is 7.11 Å². The van der Waals surface area contributed by atoms with E-state index < -0.39 is 0 Å². The van der Waals surface area contributed by atoms with Gasteiger partial charge in [0.25, 0.3) is 0 Å². The number of nitrogens with zero attached hydrogens (tertiary/aromatic N) is 4. The largest absolute Gasteiger partial charge is 0.496 e. The molecule has 7 heteroatoms. The van der Waals surface area contributed by atoms with Crippen LogP contribution in [0.5, 0.6) is 5.75 Å². The number of rotatable bonds is 3. The van der Waals surface area contributed by atoms with Crippen molar-refractivity contribution < 1.29 is 4.74 Å². The first-order valence-corrected chi connectivity index (χ1v) is 7.96. The highest BCUT2D eigenvalue weighted by atomic mass is 32.1. The Labute approximate surface area is 128 Å². The number of hydrogen-bond donors (Lipinski definition) is 0. The van der Waals surface area contributed by atoms with Crippen molar-refractivity contribution in [3.8, 4) is 27.0 Å². The number of methoxy groups -OCH3 is 1. The first-order chi connectivity index (χ1) is 10.4. The Morgan fingerprint density at radius 3 is 2.81 bits per heavy atom. The minimum absolute atomic E-state index is 0.696. The monoisotopic (exact) mass is 314 g/mol. The molecule has 0 radical (unpaired) electrons. The summed E-state index contributed by atoms with van der Waals surface area (Å²) in [6.45, 7) is 0. The minimum atomic E-state index is 0.696. The number of aromatic nitrogens is 4. The highest BCUT2D eigenvalue weighted by molar-refractivity contribution is 7.23. The van der Waals surface area contributed by atoms with Crippen LogP contribution in [0.3, 0.4) is 0 Å². The molecular weight excluding hydrogens is 304 g/mol. The molecular formula is C14H10N4OS2. The highest BCUT2D eigenvalue weighted by Gasteiger charge is 2.17. The van der Waals surface area contributed by atoms with Gasteiger partial charge in [0.1, 0.15) is 5.75 Å². The molecule has 3 aromatic heterocycles. The smallest absolute Gasteiger partial charge is 0.235 e. The number of benzene rings is 1. The quantitative estimate of drug-likeness (QED) is 0.580. The lowest BCUT2D eigenvalue weighted by Gasteiger charge is -2.04.